The summed E-state index contributed by atoms with van der Waals surface area (Å²) < 4.78 is 7.69. The molecule has 8 heteroatoms. The Labute approximate surface area is 192 Å². The molecule has 1 unspecified atom stereocenters. The molecule has 1 aromatic carbocycles. The van der Waals surface area contributed by atoms with E-state index in [4.69, 9.17) is 4.74 Å². The maximum absolute atomic E-state index is 13.1. The first-order valence-corrected chi connectivity index (χ1v) is 11.0. The van der Waals surface area contributed by atoms with Crippen LogP contribution in [0.4, 0.5) is 0 Å². The SMILES string of the molecule is CCCOc1cccc(C2C(=C(O)c3ccncc3)C(=O)C(=O)N2CCCn2ccnc2)c1. The number of benzene rings is 1. The maximum atomic E-state index is 13.1. The van der Waals surface area contributed by atoms with Gasteiger partial charge in [-0.15, -0.1) is 0 Å². The van der Waals surface area contributed by atoms with Crippen molar-refractivity contribution in [3.05, 3.63) is 84.2 Å². The molecule has 1 saturated heterocycles. The maximum Gasteiger partial charge on any atom is 0.295 e. The zero-order valence-electron chi connectivity index (χ0n) is 18.4. The number of carbonyl (C=O) groups excluding carboxylic acids is 2. The number of ketones is 1. The van der Waals surface area contributed by atoms with Crippen molar-refractivity contribution in [1.82, 2.24) is 19.4 Å². The molecule has 0 saturated carbocycles. The molecule has 2 aromatic heterocycles. The molecule has 1 aliphatic heterocycles. The number of carbonyl (C=O) groups is 2. The number of Topliss-reactive ketones (excluding diaryl/α,β-unsaturated/α-hetero) is 1. The number of aliphatic hydroxyl groups excluding tert-OH is 1. The largest absolute Gasteiger partial charge is 0.507 e. The van der Waals surface area contributed by atoms with Crippen molar-refractivity contribution in [2.75, 3.05) is 13.2 Å². The summed E-state index contributed by atoms with van der Waals surface area (Å²) in [6.07, 6.45) is 9.81. The first-order valence-electron chi connectivity index (χ1n) is 11.0. The topological polar surface area (TPSA) is 97.5 Å². The van der Waals surface area contributed by atoms with Crippen molar-refractivity contribution in [2.24, 2.45) is 0 Å². The van der Waals surface area contributed by atoms with Crippen molar-refractivity contribution in [2.45, 2.75) is 32.4 Å². The summed E-state index contributed by atoms with van der Waals surface area (Å²) in [4.78, 5) is 35.7. The average molecular weight is 447 g/mol. The monoisotopic (exact) mass is 446 g/mol. The van der Waals surface area contributed by atoms with Gasteiger partial charge in [-0.05, 0) is 42.7 Å². The predicted molar refractivity (Wildman–Crippen MR) is 122 cm³/mol. The molecule has 3 heterocycles. The highest BCUT2D eigenvalue weighted by Crippen LogP contribution is 2.40. The molecule has 3 aromatic rings. The van der Waals surface area contributed by atoms with Crippen LogP contribution in [0.25, 0.3) is 5.76 Å². The molecule has 0 bridgehead atoms. The fourth-order valence-corrected chi connectivity index (χ4v) is 3.96. The number of hydrogen-bond donors (Lipinski definition) is 1. The van der Waals surface area contributed by atoms with Crippen LogP contribution in [0.5, 0.6) is 5.75 Å². The second-order valence-electron chi connectivity index (χ2n) is 7.80. The zero-order valence-corrected chi connectivity index (χ0v) is 18.4. The Hall–Kier alpha value is -3.94. The molecule has 8 nitrogen and oxygen atoms in total. The van der Waals surface area contributed by atoms with Crippen LogP contribution in [-0.4, -0.2) is 49.4 Å². The van der Waals surface area contributed by atoms with Crippen LogP contribution in [0.15, 0.2) is 73.1 Å². The van der Waals surface area contributed by atoms with E-state index in [0.717, 1.165) is 6.42 Å². The lowest BCUT2D eigenvalue weighted by Crippen LogP contribution is -2.31. The molecule has 170 valence electrons. The molecule has 1 amide bonds. The van der Waals surface area contributed by atoms with Crippen molar-refractivity contribution >= 4 is 17.4 Å². The molecular formula is C25H26N4O4. The molecule has 1 aliphatic rings. The van der Waals surface area contributed by atoms with Gasteiger partial charge in [0.1, 0.15) is 11.5 Å². The van der Waals surface area contributed by atoms with E-state index >= 15 is 0 Å². The van der Waals surface area contributed by atoms with Gasteiger partial charge in [0.15, 0.2) is 0 Å². The minimum absolute atomic E-state index is 0.0708. The van der Waals surface area contributed by atoms with Gasteiger partial charge in [0.05, 0.1) is 24.5 Å². The molecule has 1 fully saturated rings. The third kappa shape index (κ3) is 4.79. The van der Waals surface area contributed by atoms with Gasteiger partial charge < -0.3 is 19.3 Å². The van der Waals surface area contributed by atoms with Gasteiger partial charge in [0, 0.05) is 43.4 Å². The highest BCUT2D eigenvalue weighted by atomic mass is 16.5. The van der Waals surface area contributed by atoms with Gasteiger partial charge in [-0.3, -0.25) is 14.6 Å². The molecule has 1 atom stereocenters. The first kappa shape index (κ1) is 22.3. The molecular weight excluding hydrogens is 420 g/mol. The van der Waals surface area contributed by atoms with Crippen LogP contribution in [-0.2, 0) is 16.1 Å². The fourth-order valence-electron chi connectivity index (χ4n) is 3.96. The van der Waals surface area contributed by atoms with E-state index in [0.29, 0.717) is 43.0 Å². The fraction of sp³-hybridized carbons (Fsp3) is 0.280. The van der Waals surface area contributed by atoms with Gasteiger partial charge in [-0.1, -0.05) is 19.1 Å². The first-order chi connectivity index (χ1) is 16.1. The van der Waals surface area contributed by atoms with Crippen LogP contribution >= 0.6 is 0 Å². The van der Waals surface area contributed by atoms with Crippen LogP contribution < -0.4 is 4.74 Å². The number of ether oxygens (including phenoxy) is 1. The predicted octanol–water partition coefficient (Wildman–Crippen LogP) is 3.58. The second kappa shape index (κ2) is 10.1. The lowest BCUT2D eigenvalue weighted by atomic mass is 9.95. The normalized spacial score (nSPS) is 17.5. The van der Waals surface area contributed by atoms with Gasteiger partial charge in [0.25, 0.3) is 11.7 Å². The quantitative estimate of drug-likeness (QED) is 0.307. The number of hydrogen-bond acceptors (Lipinski definition) is 6. The molecule has 0 spiro atoms. The molecule has 0 radical (unpaired) electrons. The Morgan fingerprint density at radius 1 is 1.09 bits per heavy atom. The Kier molecular flexibility index (Phi) is 6.83. The van der Waals surface area contributed by atoms with Crippen molar-refractivity contribution < 1.29 is 19.4 Å². The van der Waals surface area contributed by atoms with E-state index in [1.54, 1.807) is 24.7 Å². The van der Waals surface area contributed by atoms with Crippen LogP contribution in [0.1, 0.15) is 36.9 Å². The van der Waals surface area contributed by atoms with E-state index in [9.17, 15) is 14.7 Å². The summed E-state index contributed by atoms with van der Waals surface area (Å²) in [7, 11) is 0. The number of pyridine rings is 1. The summed E-state index contributed by atoms with van der Waals surface area (Å²) in [6.45, 7) is 3.58. The Balaban J connectivity index is 1.72. The van der Waals surface area contributed by atoms with Gasteiger partial charge >= 0.3 is 0 Å². The number of aromatic nitrogens is 3. The number of nitrogens with zero attached hydrogens (tertiary/aromatic N) is 4. The number of rotatable bonds is 9. The summed E-state index contributed by atoms with van der Waals surface area (Å²) in [6, 6.07) is 9.85. The lowest BCUT2D eigenvalue weighted by Gasteiger charge is -2.25. The number of aryl methyl sites for hydroxylation is 1. The third-order valence-corrected chi connectivity index (χ3v) is 5.51. The van der Waals surface area contributed by atoms with E-state index in [1.165, 1.54) is 17.3 Å². The van der Waals surface area contributed by atoms with E-state index in [-0.39, 0.29) is 11.3 Å². The molecule has 0 aliphatic carbocycles. The number of imidazole rings is 1. The van der Waals surface area contributed by atoms with Gasteiger partial charge in [-0.2, -0.15) is 0 Å². The Morgan fingerprint density at radius 3 is 2.64 bits per heavy atom. The van der Waals surface area contributed by atoms with E-state index in [1.807, 2.05) is 42.0 Å². The number of aliphatic hydroxyl groups is 1. The third-order valence-electron chi connectivity index (χ3n) is 5.51. The highest BCUT2D eigenvalue weighted by Gasteiger charge is 2.45. The minimum Gasteiger partial charge on any atom is -0.507 e. The summed E-state index contributed by atoms with van der Waals surface area (Å²) in [5.74, 6) is -0.877. The standard InChI is InChI=1S/C25H26N4O4/c1-2-15-33-20-6-3-5-19(16-20)22-21(23(30)18-7-9-26-10-8-18)24(31)25(32)29(22)13-4-12-28-14-11-27-17-28/h3,5-11,14,16-17,22,30H,2,4,12-13,15H2,1H3. The summed E-state index contributed by atoms with van der Waals surface area (Å²) in [5.41, 5.74) is 1.22. The molecule has 4 rings (SSSR count). The van der Waals surface area contributed by atoms with Gasteiger partial charge in [0.2, 0.25) is 0 Å². The Morgan fingerprint density at radius 2 is 1.91 bits per heavy atom. The minimum atomic E-state index is -0.717. The van der Waals surface area contributed by atoms with E-state index in [2.05, 4.69) is 9.97 Å². The number of amides is 1. The van der Waals surface area contributed by atoms with Crippen LogP contribution in [0.3, 0.4) is 0 Å². The second-order valence-corrected chi connectivity index (χ2v) is 7.80. The molecule has 33 heavy (non-hydrogen) atoms. The van der Waals surface area contributed by atoms with Crippen molar-refractivity contribution in [3.8, 4) is 5.75 Å². The highest BCUT2D eigenvalue weighted by molar-refractivity contribution is 6.46. The smallest absolute Gasteiger partial charge is 0.295 e. The van der Waals surface area contributed by atoms with E-state index < -0.39 is 17.7 Å². The van der Waals surface area contributed by atoms with Gasteiger partial charge in [-0.25, -0.2) is 4.98 Å². The lowest BCUT2D eigenvalue weighted by molar-refractivity contribution is -0.139. The summed E-state index contributed by atoms with van der Waals surface area (Å²) >= 11 is 0. The average Bonchev–Trinajstić information content (AvgIpc) is 3.45. The van der Waals surface area contributed by atoms with Crippen molar-refractivity contribution in [3.63, 3.8) is 0 Å². The Bertz CT molecular complexity index is 1140. The molecule has 1 N–H and O–H groups in total. The zero-order chi connectivity index (χ0) is 23.2. The van der Waals surface area contributed by atoms with Crippen molar-refractivity contribution in [1.29, 1.82) is 0 Å². The summed E-state index contributed by atoms with van der Waals surface area (Å²) in [5, 5.41) is 11.1. The number of likely N-dealkylation sites (tertiary alicyclic amines) is 1. The van der Waals surface area contributed by atoms with Crippen LogP contribution in [0.2, 0.25) is 0 Å². The van der Waals surface area contributed by atoms with Crippen LogP contribution in [0, 0.1) is 0 Å².